The van der Waals surface area contributed by atoms with Crippen LogP contribution >= 0.6 is 0 Å². The molecule has 0 bridgehead atoms. The van der Waals surface area contributed by atoms with E-state index in [2.05, 4.69) is 55.5 Å². The largest absolute Gasteiger partial charge is 0.378 e. The molecule has 0 fully saturated rings. The van der Waals surface area contributed by atoms with Crippen LogP contribution in [0.25, 0.3) is 10.9 Å². The molecule has 0 saturated heterocycles. The summed E-state index contributed by atoms with van der Waals surface area (Å²) in [7, 11) is 6.13. The van der Waals surface area contributed by atoms with Crippen molar-refractivity contribution < 1.29 is 0 Å². The Bertz CT molecular complexity index is 561. The number of aryl methyl sites for hydroxylation is 2. The van der Waals surface area contributed by atoms with Crippen molar-refractivity contribution in [3.8, 4) is 0 Å². The van der Waals surface area contributed by atoms with Crippen molar-refractivity contribution in [1.29, 1.82) is 0 Å². The first-order chi connectivity index (χ1) is 9.11. The lowest BCUT2D eigenvalue weighted by Gasteiger charge is -2.14. The van der Waals surface area contributed by atoms with Crippen LogP contribution in [-0.4, -0.2) is 32.7 Å². The SMILES string of the molecule is CNCCCc1cc2cc(N(C)C)ccc2nc1C. The minimum Gasteiger partial charge on any atom is -0.378 e. The number of aromatic nitrogens is 1. The molecule has 0 aliphatic carbocycles. The van der Waals surface area contributed by atoms with Gasteiger partial charge in [0.15, 0.2) is 0 Å². The topological polar surface area (TPSA) is 28.2 Å². The Balaban J connectivity index is 2.34. The molecule has 0 atom stereocenters. The summed E-state index contributed by atoms with van der Waals surface area (Å²) in [5.74, 6) is 0. The van der Waals surface area contributed by atoms with E-state index in [1.807, 2.05) is 7.05 Å². The van der Waals surface area contributed by atoms with E-state index in [1.165, 1.54) is 16.6 Å². The van der Waals surface area contributed by atoms with Crippen molar-refractivity contribution >= 4 is 16.6 Å². The molecule has 1 N–H and O–H groups in total. The van der Waals surface area contributed by atoms with Gasteiger partial charge in [0.2, 0.25) is 0 Å². The molecule has 0 spiro atoms. The third kappa shape index (κ3) is 3.24. The highest BCUT2D eigenvalue weighted by Gasteiger charge is 2.05. The van der Waals surface area contributed by atoms with E-state index in [0.29, 0.717) is 0 Å². The summed E-state index contributed by atoms with van der Waals surface area (Å²) in [6, 6.07) is 8.73. The number of rotatable bonds is 5. The fraction of sp³-hybridized carbons (Fsp3) is 0.438. The van der Waals surface area contributed by atoms with Crippen LogP contribution < -0.4 is 10.2 Å². The molecule has 2 aromatic rings. The maximum atomic E-state index is 4.72. The van der Waals surface area contributed by atoms with Gasteiger partial charge in [0, 0.05) is 30.9 Å². The zero-order valence-electron chi connectivity index (χ0n) is 12.3. The Kier molecular flexibility index (Phi) is 4.38. The number of hydrogen-bond acceptors (Lipinski definition) is 3. The smallest absolute Gasteiger partial charge is 0.0706 e. The molecule has 3 nitrogen and oxygen atoms in total. The highest BCUT2D eigenvalue weighted by Crippen LogP contribution is 2.22. The Morgan fingerprint density at radius 3 is 2.68 bits per heavy atom. The van der Waals surface area contributed by atoms with Crippen molar-refractivity contribution in [3.05, 3.63) is 35.5 Å². The van der Waals surface area contributed by atoms with Crippen molar-refractivity contribution in [1.82, 2.24) is 10.3 Å². The van der Waals surface area contributed by atoms with Gasteiger partial charge in [-0.1, -0.05) is 0 Å². The Morgan fingerprint density at radius 2 is 2.00 bits per heavy atom. The van der Waals surface area contributed by atoms with Crippen molar-refractivity contribution in [3.63, 3.8) is 0 Å². The van der Waals surface area contributed by atoms with Crippen LogP contribution in [0.2, 0.25) is 0 Å². The van der Waals surface area contributed by atoms with Crippen LogP contribution in [0.4, 0.5) is 5.69 Å². The van der Waals surface area contributed by atoms with E-state index in [4.69, 9.17) is 4.98 Å². The van der Waals surface area contributed by atoms with Crippen LogP contribution in [0.15, 0.2) is 24.3 Å². The van der Waals surface area contributed by atoms with Gasteiger partial charge in [-0.3, -0.25) is 4.98 Å². The molecule has 1 aromatic heterocycles. The van der Waals surface area contributed by atoms with Gasteiger partial charge in [-0.25, -0.2) is 0 Å². The van der Waals surface area contributed by atoms with Crippen LogP contribution in [0.3, 0.4) is 0 Å². The van der Waals surface area contributed by atoms with Gasteiger partial charge < -0.3 is 10.2 Å². The molecule has 2 rings (SSSR count). The molecular formula is C16H23N3. The van der Waals surface area contributed by atoms with Crippen LogP contribution in [-0.2, 0) is 6.42 Å². The summed E-state index contributed by atoms with van der Waals surface area (Å²) in [6.45, 7) is 3.16. The lowest BCUT2D eigenvalue weighted by atomic mass is 10.0. The fourth-order valence-electron chi connectivity index (χ4n) is 2.29. The summed E-state index contributed by atoms with van der Waals surface area (Å²) in [4.78, 5) is 6.84. The van der Waals surface area contributed by atoms with E-state index in [1.54, 1.807) is 0 Å². The summed E-state index contributed by atoms with van der Waals surface area (Å²) in [5.41, 5.74) is 4.82. The maximum absolute atomic E-state index is 4.72. The first-order valence-corrected chi connectivity index (χ1v) is 6.84. The number of nitrogens with one attached hydrogen (secondary N) is 1. The van der Waals surface area contributed by atoms with Gasteiger partial charge in [0.1, 0.15) is 0 Å². The molecule has 3 heteroatoms. The third-order valence-corrected chi connectivity index (χ3v) is 3.48. The lowest BCUT2D eigenvalue weighted by Crippen LogP contribution is -2.09. The zero-order chi connectivity index (χ0) is 13.8. The molecule has 0 saturated carbocycles. The second-order valence-corrected chi connectivity index (χ2v) is 5.21. The normalized spacial score (nSPS) is 10.9. The zero-order valence-corrected chi connectivity index (χ0v) is 12.3. The Morgan fingerprint density at radius 1 is 1.21 bits per heavy atom. The van der Waals surface area contributed by atoms with Crippen LogP contribution in [0, 0.1) is 6.92 Å². The Labute approximate surface area is 115 Å². The molecule has 0 aliphatic heterocycles. The van der Waals surface area contributed by atoms with Crippen molar-refractivity contribution in [2.75, 3.05) is 32.6 Å². The van der Waals surface area contributed by atoms with Gasteiger partial charge in [0.25, 0.3) is 0 Å². The molecule has 1 aromatic carbocycles. The van der Waals surface area contributed by atoms with E-state index < -0.39 is 0 Å². The predicted octanol–water partition coefficient (Wildman–Crippen LogP) is 2.76. The fourth-order valence-corrected chi connectivity index (χ4v) is 2.29. The molecular weight excluding hydrogens is 234 g/mol. The highest BCUT2D eigenvalue weighted by molar-refractivity contribution is 5.83. The van der Waals surface area contributed by atoms with Crippen LogP contribution in [0.5, 0.6) is 0 Å². The summed E-state index contributed by atoms with van der Waals surface area (Å²) in [5, 5.41) is 4.42. The van der Waals surface area contributed by atoms with Crippen molar-refractivity contribution in [2.45, 2.75) is 19.8 Å². The molecule has 0 unspecified atom stereocenters. The quantitative estimate of drug-likeness (QED) is 0.835. The summed E-state index contributed by atoms with van der Waals surface area (Å²) >= 11 is 0. The molecule has 102 valence electrons. The van der Waals surface area contributed by atoms with Gasteiger partial charge >= 0.3 is 0 Å². The summed E-state index contributed by atoms with van der Waals surface area (Å²) in [6.07, 6.45) is 2.24. The number of pyridine rings is 1. The van der Waals surface area contributed by atoms with Crippen LogP contribution in [0.1, 0.15) is 17.7 Å². The Hall–Kier alpha value is -1.61. The van der Waals surface area contributed by atoms with E-state index in [9.17, 15) is 0 Å². The molecule has 19 heavy (non-hydrogen) atoms. The minimum absolute atomic E-state index is 1.05. The third-order valence-electron chi connectivity index (χ3n) is 3.48. The van der Waals surface area contributed by atoms with Gasteiger partial charge in [-0.05, 0) is 63.2 Å². The molecule has 0 radical (unpaired) electrons. The average molecular weight is 257 g/mol. The first kappa shape index (κ1) is 13.8. The second-order valence-electron chi connectivity index (χ2n) is 5.21. The van der Waals surface area contributed by atoms with Crippen molar-refractivity contribution in [2.24, 2.45) is 0 Å². The van der Waals surface area contributed by atoms with E-state index in [-0.39, 0.29) is 0 Å². The minimum atomic E-state index is 1.05. The van der Waals surface area contributed by atoms with Gasteiger partial charge in [-0.15, -0.1) is 0 Å². The van der Waals surface area contributed by atoms with Gasteiger partial charge in [-0.2, -0.15) is 0 Å². The van der Waals surface area contributed by atoms with E-state index in [0.717, 1.165) is 30.6 Å². The highest BCUT2D eigenvalue weighted by atomic mass is 15.1. The molecule has 1 heterocycles. The number of anilines is 1. The molecule has 0 aliphatic rings. The monoisotopic (exact) mass is 257 g/mol. The number of benzene rings is 1. The van der Waals surface area contributed by atoms with E-state index >= 15 is 0 Å². The second kappa shape index (κ2) is 6.02. The maximum Gasteiger partial charge on any atom is 0.0706 e. The number of nitrogens with zero attached hydrogens (tertiary/aromatic N) is 2. The molecule has 0 amide bonds. The predicted molar refractivity (Wildman–Crippen MR) is 83.1 cm³/mol. The average Bonchev–Trinajstić information content (AvgIpc) is 2.39. The first-order valence-electron chi connectivity index (χ1n) is 6.84. The summed E-state index contributed by atoms with van der Waals surface area (Å²) < 4.78 is 0. The number of fused-ring (bicyclic) bond motifs is 1. The lowest BCUT2D eigenvalue weighted by molar-refractivity contribution is 0.721. The standard InChI is InChI=1S/C16H23N3/c1-12-13(6-5-9-17-2)10-14-11-15(19(3)4)7-8-16(14)18-12/h7-8,10-11,17H,5-6,9H2,1-4H3. The van der Waals surface area contributed by atoms with Gasteiger partial charge in [0.05, 0.1) is 5.52 Å². The number of hydrogen-bond donors (Lipinski definition) is 1.